The van der Waals surface area contributed by atoms with E-state index in [1.165, 1.54) is 33.5 Å². The highest BCUT2D eigenvalue weighted by atomic mass is 14.9. The van der Waals surface area contributed by atoms with Gasteiger partial charge in [-0.25, -0.2) is 0 Å². The van der Waals surface area contributed by atoms with Crippen LogP contribution < -0.4 is 5.32 Å². The van der Waals surface area contributed by atoms with Gasteiger partial charge in [0.2, 0.25) is 0 Å². The van der Waals surface area contributed by atoms with Crippen LogP contribution in [0.1, 0.15) is 27.8 Å². The summed E-state index contributed by atoms with van der Waals surface area (Å²) in [5.41, 5.74) is 8.95. The average Bonchev–Trinajstić information content (AvgIpc) is 2.28. The van der Waals surface area contributed by atoms with Gasteiger partial charge in [0.15, 0.2) is 0 Å². The summed E-state index contributed by atoms with van der Waals surface area (Å²) >= 11 is 0. The molecule has 2 aromatic rings. The molecule has 1 heteroatoms. The van der Waals surface area contributed by atoms with Gasteiger partial charge in [-0.2, -0.15) is 0 Å². The van der Waals surface area contributed by atoms with Crippen LogP contribution in [-0.4, -0.2) is 0 Å². The van der Waals surface area contributed by atoms with Gasteiger partial charge in [0.25, 0.3) is 0 Å². The minimum atomic E-state index is 1.16. The molecule has 0 unspecified atom stereocenters. The van der Waals surface area contributed by atoms with E-state index >= 15 is 0 Å². The Balaban J connectivity index is 2.37. The zero-order valence-electron chi connectivity index (χ0n) is 11.9. The highest BCUT2D eigenvalue weighted by molar-refractivity contribution is 5.67. The third-order valence-corrected chi connectivity index (χ3v) is 3.45. The summed E-state index contributed by atoms with van der Waals surface area (Å²) < 4.78 is 0. The molecule has 18 heavy (non-hydrogen) atoms. The molecule has 2 rings (SSSR count). The summed E-state index contributed by atoms with van der Waals surface area (Å²) in [6.45, 7) is 10.7. The molecular weight excluding hydrogens is 218 g/mol. The second-order valence-corrected chi connectivity index (χ2v) is 5.20. The molecule has 0 saturated carbocycles. The molecule has 1 N–H and O–H groups in total. The monoisotopic (exact) mass is 239 g/mol. The molecule has 0 aliphatic heterocycles. The van der Waals surface area contributed by atoms with E-state index in [9.17, 15) is 0 Å². The van der Waals surface area contributed by atoms with Crippen molar-refractivity contribution in [1.82, 2.24) is 0 Å². The summed E-state index contributed by atoms with van der Waals surface area (Å²) in [5.74, 6) is 0. The third kappa shape index (κ3) is 2.56. The van der Waals surface area contributed by atoms with E-state index in [0.29, 0.717) is 0 Å². The van der Waals surface area contributed by atoms with Gasteiger partial charge in [-0.15, -0.1) is 0 Å². The molecule has 0 atom stereocenters. The van der Waals surface area contributed by atoms with E-state index in [1.54, 1.807) is 0 Å². The van der Waals surface area contributed by atoms with E-state index in [2.05, 4.69) is 70.3 Å². The zero-order valence-corrected chi connectivity index (χ0v) is 11.9. The van der Waals surface area contributed by atoms with E-state index in [0.717, 1.165) is 5.69 Å². The minimum Gasteiger partial charge on any atom is -0.355 e. The van der Waals surface area contributed by atoms with Gasteiger partial charge < -0.3 is 5.32 Å². The van der Waals surface area contributed by atoms with E-state index in [-0.39, 0.29) is 0 Å². The van der Waals surface area contributed by atoms with Crippen molar-refractivity contribution in [3.05, 3.63) is 58.1 Å². The molecule has 0 aliphatic carbocycles. The van der Waals surface area contributed by atoms with E-state index in [1.807, 2.05) is 0 Å². The highest BCUT2D eigenvalue weighted by Gasteiger charge is 2.04. The van der Waals surface area contributed by atoms with Crippen LogP contribution in [0.4, 0.5) is 11.4 Å². The highest BCUT2D eigenvalue weighted by Crippen LogP contribution is 2.26. The maximum absolute atomic E-state index is 3.54. The molecule has 0 aliphatic rings. The summed E-state index contributed by atoms with van der Waals surface area (Å²) in [6, 6.07) is 10.9. The van der Waals surface area contributed by atoms with Crippen LogP contribution in [0.25, 0.3) is 0 Å². The van der Waals surface area contributed by atoms with Crippen LogP contribution in [-0.2, 0) is 0 Å². The Kier molecular flexibility index (Phi) is 3.42. The van der Waals surface area contributed by atoms with E-state index in [4.69, 9.17) is 0 Å². The molecule has 1 nitrogen and oxygen atoms in total. The SMILES string of the molecule is Cc1cc(C)c(Nc2ccc(C)c(C)c2)c(C)c1. The quantitative estimate of drug-likeness (QED) is 0.780. The zero-order chi connectivity index (χ0) is 13.3. The van der Waals surface area contributed by atoms with Crippen molar-refractivity contribution in [2.75, 3.05) is 5.32 Å². The van der Waals surface area contributed by atoms with Crippen molar-refractivity contribution in [1.29, 1.82) is 0 Å². The normalized spacial score (nSPS) is 10.5. The van der Waals surface area contributed by atoms with E-state index < -0.39 is 0 Å². The topological polar surface area (TPSA) is 12.0 Å². The van der Waals surface area contributed by atoms with Gasteiger partial charge >= 0.3 is 0 Å². The Morgan fingerprint density at radius 3 is 1.83 bits per heavy atom. The van der Waals surface area contributed by atoms with Crippen molar-refractivity contribution in [2.24, 2.45) is 0 Å². The van der Waals surface area contributed by atoms with Crippen LogP contribution >= 0.6 is 0 Å². The van der Waals surface area contributed by atoms with Gasteiger partial charge in [0.1, 0.15) is 0 Å². The lowest BCUT2D eigenvalue weighted by Crippen LogP contribution is -1.97. The lowest BCUT2D eigenvalue weighted by atomic mass is 10.0. The van der Waals surface area contributed by atoms with Crippen LogP contribution in [0.3, 0.4) is 0 Å². The Bertz CT molecular complexity index is 559. The number of nitrogens with one attached hydrogen (secondary N) is 1. The predicted octanol–water partition coefficient (Wildman–Crippen LogP) is 4.97. The van der Waals surface area contributed by atoms with Gasteiger partial charge in [-0.3, -0.25) is 0 Å². The number of benzene rings is 2. The first-order chi connectivity index (χ1) is 8.47. The second kappa shape index (κ2) is 4.85. The molecule has 0 spiro atoms. The fourth-order valence-electron chi connectivity index (χ4n) is 2.34. The standard InChI is InChI=1S/C17H21N/c1-11-8-14(4)17(15(5)9-11)18-16-7-6-12(2)13(3)10-16/h6-10,18H,1-5H3. The minimum absolute atomic E-state index is 1.16. The molecule has 0 bridgehead atoms. The Hall–Kier alpha value is -1.76. The van der Waals surface area contributed by atoms with Gasteiger partial charge in [-0.05, 0) is 69.0 Å². The lowest BCUT2D eigenvalue weighted by Gasteiger charge is -2.15. The van der Waals surface area contributed by atoms with Crippen molar-refractivity contribution < 1.29 is 0 Å². The number of rotatable bonds is 2. The maximum Gasteiger partial charge on any atom is 0.0443 e. The predicted molar refractivity (Wildman–Crippen MR) is 79.9 cm³/mol. The molecule has 2 aromatic carbocycles. The lowest BCUT2D eigenvalue weighted by molar-refractivity contribution is 1.29. The van der Waals surface area contributed by atoms with Crippen molar-refractivity contribution in [3.63, 3.8) is 0 Å². The molecule has 0 aromatic heterocycles. The Morgan fingerprint density at radius 1 is 0.667 bits per heavy atom. The number of hydrogen-bond acceptors (Lipinski definition) is 1. The molecule has 0 heterocycles. The smallest absolute Gasteiger partial charge is 0.0443 e. The first-order valence-corrected chi connectivity index (χ1v) is 6.39. The average molecular weight is 239 g/mol. The van der Waals surface area contributed by atoms with Crippen LogP contribution in [0.5, 0.6) is 0 Å². The fraction of sp³-hybridized carbons (Fsp3) is 0.294. The summed E-state index contributed by atoms with van der Waals surface area (Å²) in [6.07, 6.45) is 0. The molecule has 0 saturated heterocycles. The number of anilines is 2. The second-order valence-electron chi connectivity index (χ2n) is 5.20. The van der Waals surface area contributed by atoms with Crippen molar-refractivity contribution in [3.8, 4) is 0 Å². The first-order valence-electron chi connectivity index (χ1n) is 6.39. The summed E-state index contributed by atoms with van der Waals surface area (Å²) in [4.78, 5) is 0. The van der Waals surface area contributed by atoms with Gasteiger partial charge in [0.05, 0.1) is 0 Å². The number of hydrogen-bond donors (Lipinski definition) is 1. The Morgan fingerprint density at radius 2 is 1.28 bits per heavy atom. The molecule has 0 amide bonds. The maximum atomic E-state index is 3.54. The van der Waals surface area contributed by atoms with Crippen LogP contribution in [0, 0.1) is 34.6 Å². The van der Waals surface area contributed by atoms with Gasteiger partial charge in [-0.1, -0.05) is 23.8 Å². The molecular formula is C17H21N. The molecule has 0 fully saturated rings. The van der Waals surface area contributed by atoms with Crippen LogP contribution in [0.2, 0.25) is 0 Å². The molecule has 94 valence electrons. The number of aryl methyl sites for hydroxylation is 5. The molecule has 0 radical (unpaired) electrons. The largest absolute Gasteiger partial charge is 0.355 e. The van der Waals surface area contributed by atoms with Crippen LogP contribution in [0.15, 0.2) is 30.3 Å². The Labute approximate surface area is 110 Å². The first kappa shape index (κ1) is 12.7. The summed E-state index contributed by atoms with van der Waals surface area (Å²) in [5, 5.41) is 3.54. The third-order valence-electron chi connectivity index (χ3n) is 3.45. The van der Waals surface area contributed by atoms with Gasteiger partial charge in [0, 0.05) is 11.4 Å². The van der Waals surface area contributed by atoms with Crippen molar-refractivity contribution >= 4 is 11.4 Å². The fourth-order valence-corrected chi connectivity index (χ4v) is 2.34. The van der Waals surface area contributed by atoms with Crippen molar-refractivity contribution in [2.45, 2.75) is 34.6 Å². The summed E-state index contributed by atoms with van der Waals surface area (Å²) in [7, 11) is 0.